The Morgan fingerprint density at radius 2 is 1.77 bits per heavy atom. The van der Waals surface area contributed by atoms with Crippen molar-refractivity contribution < 1.29 is 13.6 Å². The summed E-state index contributed by atoms with van der Waals surface area (Å²) < 4.78 is 26.9. The van der Waals surface area contributed by atoms with E-state index < -0.39 is 24.1 Å². The zero-order valence-electron chi connectivity index (χ0n) is 16.3. The molecule has 0 saturated heterocycles. The lowest BCUT2D eigenvalue weighted by molar-refractivity contribution is 0.0929. The molecule has 4 aromatic rings. The molecule has 0 aliphatic carbocycles. The minimum Gasteiger partial charge on any atom is -0.343 e. The first kappa shape index (κ1) is 19.6. The maximum Gasteiger partial charge on any atom is 0.282 e. The molecule has 30 heavy (non-hydrogen) atoms. The van der Waals surface area contributed by atoms with Gasteiger partial charge in [0.25, 0.3) is 12.3 Å². The number of fused-ring (bicyclic) bond motifs is 1. The molecule has 1 N–H and O–H groups in total. The fourth-order valence-corrected chi connectivity index (χ4v) is 3.15. The third-order valence-corrected chi connectivity index (χ3v) is 4.62. The van der Waals surface area contributed by atoms with Gasteiger partial charge in [0.2, 0.25) is 0 Å². The summed E-state index contributed by atoms with van der Waals surface area (Å²) in [5.74, 6) is -0.536. The average Bonchev–Trinajstić information content (AvgIpc) is 3.15. The molecule has 1 atom stereocenters. The number of nitrogens with one attached hydrogen (secondary N) is 1. The second kappa shape index (κ2) is 7.94. The van der Waals surface area contributed by atoms with Crippen molar-refractivity contribution in [1.82, 2.24) is 30.0 Å². The van der Waals surface area contributed by atoms with Crippen LogP contribution in [0, 0.1) is 0 Å². The molecule has 0 fully saturated rings. The van der Waals surface area contributed by atoms with Crippen LogP contribution in [0.4, 0.5) is 8.78 Å². The molecule has 0 aliphatic heterocycles. The van der Waals surface area contributed by atoms with Gasteiger partial charge in [-0.25, -0.2) is 18.7 Å². The van der Waals surface area contributed by atoms with E-state index in [1.807, 2.05) is 36.4 Å². The van der Waals surface area contributed by atoms with Gasteiger partial charge in [-0.2, -0.15) is 5.10 Å². The fraction of sp³-hybridized carbons (Fsp3) is 0.190. The van der Waals surface area contributed by atoms with E-state index in [0.29, 0.717) is 28.1 Å². The van der Waals surface area contributed by atoms with E-state index in [0.717, 1.165) is 10.7 Å². The zero-order valence-corrected chi connectivity index (χ0v) is 16.3. The summed E-state index contributed by atoms with van der Waals surface area (Å²) in [5, 5.41) is 6.49. The summed E-state index contributed by atoms with van der Waals surface area (Å²) in [4.78, 5) is 26.5. The van der Waals surface area contributed by atoms with Crippen molar-refractivity contribution in [3.05, 3.63) is 71.8 Å². The van der Waals surface area contributed by atoms with Gasteiger partial charge in [0.05, 0.1) is 28.5 Å². The number of carbonyl (C=O) groups excluding carboxylic acids is 1. The lowest BCUT2D eigenvalue weighted by Crippen LogP contribution is -2.29. The topological polar surface area (TPSA) is 85.6 Å². The van der Waals surface area contributed by atoms with Crippen LogP contribution in [0.3, 0.4) is 0 Å². The number of alkyl halides is 2. The predicted molar refractivity (Wildman–Crippen MR) is 107 cm³/mol. The first-order valence-corrected chi connectivity index (χ1v) is 9.25. The van der Waals surface area contributed by atoms with E-state index in [1.54, 1.807) is 19.2 Å². The molecule has 0 saturated carbocycles. The first-order chi connectivity index (χ1) is 14.4. The quantitative estimate of drug-likeness (QED) is 0.542. The molecule has 7 nitrogen and oxygen atoms in total. The van der Waals surface area contributed by atoms with Crippen LogP contribution in [-0.2, 0) is 7.05 Å². The number of nitrogens with zero attached hydrogens (tertiary/aromatic N) is 5. The van der Waals surface area contributed by atoms with Crippen LogP contribution in [0.1, 0.15) is 41.3 Å². The van der Waals surface area contributed by atoms with Crippen LogP contribution in [0.2, 0.25) is 0 Å². The number of benzene rings is 1. The minimum atomic E-state index is -2.75. The van der Waals surface area contributed by atoms with Gasteiger partial charge in [0.15, 0.2) is 0 Å². The first-order valence-electron chi connectivity index (χ1n) is 9.25. The molecule has 0 bridgehead atoms. The second-order valence-corrected chi connectivity index (χ2v) is 6.74. The van der Waals surface area contributed by atoms with Crippen LogP contribution in [0.15, 0.2) is 54.7 Å². The van der Waals surface area contributed by atoms with Crippen LogP contribution >= 0.6 is 0 Å². The minimum absolute atomic E-state index is 0.0327. The number of hydrogen-bond donors (Lipinski definition) is 1. The van der Waals surface area contributed by atoms with Crippen molar-refractivity contribution in [2.45, 2.75) is 19.4 Å². The molecule has 9 heteroatoms. The van der Waals surface area contributed by atoms with Gasteiger partial charge in [0, 0.05) is 13.2 Å². The third kappa shape index (κ3) is 3.73. The van der Waals surface area contributed by atoms with Crippen LogP contribution in [0.25, 0.3) is 22.4 Å². The third-order valence-electron chi connectivity index (χ3n) is 4.62. The van der Waals surface area contributed by atoms with E-state index in [1.165, 1.54) is 7.05 Å². The van der Waals surface area contributed by atoms with Crippen molar-refractivity contribution in [3.63, 3.8) is 0 Å². The summed E-state index contributed by atoms with van der Waals surface area (Å²) in [5.41, 5.74) is 2.65. The fourth-order valence-electron chi connectivity index (χ4n) is 3.15. The van der Waals surface area contributed by atoms with E-state index in [4.69, 9.17) is 9.97 Å². The number of rotatable bonds is 5. The lowest BCUT2D eigenvalue weighted by atomic mass is 10.1. The summed E-state index contributed by atoms with van der Waals surface area (Å²) >= 11 is 0. The van der Waals surface area contributed by atoms with Crippen molar-refractivity contribution >= 4 is 16.9 Å². The van der Waals surface area contributed by atoms with Gasteiger partial charge in [-0.1, -0.05) is 18.2 Å². The smallest absolute Gasteiger partial charge is 0.282 e. The molecule has 152 valence electrons. The molecule has 3 heterocycles. The second-order valence-electron chi connectivity index (χ2n) is 6.74. The highest BCUT2D eigenvalue weighted by Gasteiger charge is 2.23. The Morgan fingerprint density at radius 3 is 2.40 bits per heavy atom. The number of halogens is 2. The Labute approximate surface area is 170 Å². The molecule has 1 amide bonds. The standard InChI is InChI=1S/C21H18F2N6O/c1-12(25-21(30)17-11-16(20(22)23)28-29(17)2)18-19(15-9-5-6-10-24-15)27-14-8-4-3-7-13(14)26-18/h3-12,20H,1-2H3,(H,25,30)/t12-/m0/s1. The Kier molecular flexibility index (Phi) is 5.18. The molecule has 4 rings (SSSR count). The predicted octanol–water partition coefficient (Wildman–Crippen LogP) is 3.85. The number of carbonyl (C=O) groups is 1. The van der Waals surface area contributed by atoms with Gasteiger partial charge >= 0.3 is 0 Å². The number of aryl methyl sites for hydroxylation is 1. The van der Waals surface area contributed by atoms with E-state index in [-0.39, 0.29) is 5.69 Å². The number of para-hydroxylation sites is 2. The molecule has 0 spiro atoms. The number of amides is 1. The van der Waals surface area contributed by atoms with Crippen molar-refractivity contribution in [2.24, 2.45) is 7.05 Å². The van der Waals surface area contributed by atoms with Gasteiger partial charge in [-0.05, 0) is 37.3 Å². The summed E-state index contributed by atoms with van der Waals surface area (Å²) in [6, 6.07) is 13.4. The summed E-state index contributed by atoms with van der Waals surface area (Å²) in [6.07, 6.45) is -1.10. The highest BCUT2D eigenvalue weighted by atomic mass is 19.3. The Hall–Kier alpha value is -3.75. The number of hydrogen-bond acceptors (Lipinski definition) is 5. The SMILES string of the molecule is C[C@H](NC(=O)c1cc(C(F)F)nn1C)c1nc2ccccc2nc1-c1ccccn1. The Balaban J connectivity index is 1.72. The van der Waals surface area contributed by atoms with E-state index in [2.05, 4.69) is 15.4 Å². The van der Waals surface area contributed by atoms with Crippen LogP contribution in [-0.4, -0.2) is 30.6 Å². The number of pyridine rings is 1. The monoisotopic (exact) mass is 408 g/mol. The molecule has 3 aromatic heterocycles. The van der Waals surface area contributed by atoms with Gasteiger partial charge < -0.3 is 5.32 Å². The van der Waals surface area contributed by atoms with E-state index in [9.17, 15) is 13.6 Å². The normalized spacial score (nSPS) is 12.3. The molecule has 0 radical (unpaired) electrons. The highest BCUT2D eigenvalue weighted by molar-refractivity contribution is 5.93. The maximum absolute atomic E-state index is 12.9. The summed E-state index contributed by atoms with van der Waals surface area (Å²) in [7, 11) is 1.45. The largest absolute Gasteiger partial charge is 0.343 e. The maximum atomic E-state index is 12.9. The lowest BCUT2D eigenvalue weighted by Gasteiger charge is -2.17. The van der Waals surface area contributed by atoms with Crippen molar-refractivity contribution in [2.75, 3.05) is 0 Å². The number of aromatic nitrogens is 5. The van der Waals surface area contributed by atoms with Crippen molar-refractivity contribution in [3.8, 4) is 11.4 Å². The van der Waals surface area contributed by atoms with Crippen LogP contribution < -0.4 is 5.32 Å². The molecular weight excluding hydrogens is 390 g/mol. The van der Waals surface area contributed by atoms with Gasteiger partial charge in [-0.3, -0.25) is 14.5 Å². The van der Waals surface area contributed by atoms with Gasteiger partial charge in [0.1, 0.15) is 17.1 Å². The van der Waals surface area contributed by atoms with E-state index >= 15 is 0 Å². The molecule has 0 unspecified atom stereocenters. The molecule has 1 aromatic carbocycles. The Morgan fingerprint density at radius 1 is 1.07 bits per heavy atom. The zero-order chi connectivity index (χ0) is 21.3. The molecule has 0 aliphatic rings. The van der Waals surface area contributed by atoms with Gasteiger partial charge in [-0.15, -0.1) is 0 Å². The highest BCUT2D eigenvalue weighted by Crippen LogP contribution is 2.26. The molecular formula is C21H18F2N6O. The Bertz CT molecular complexity index is 1210. The van der Waals surface area contributed by atoms with Crippen molar-refractivity contribution in [1.29, 1.82) is 0 Å². The average molecular weight is 408 g/mol. The summed E-state index contributed by atoms with van der Waals surface area (Å²) in [6.45, 7) is 1.76. The van der Waals surface area contributed by atoms with Crippen LogP contribution in [0.5, 0.6) is 0 Å².